The summed E-state index contributed by atoms with van der Waals surface area (Å²) >= 11 is 0. The lowest BCUT2D eigenvalue weighted by molar-refractivity contribution is 0.0608. The fraction of sp³-hybridized carbons (Fsp3) is 0.226. The molecule has 0 radical (unpaired) electrons. The predicted molar refractivity (Wildman–Crippen MR) is 145 cm³/mol. The summed E-state index contributed by atoms with van der Waals surface area (Å²) in [5.74, 6) is -0.875. The molecule has 1 aliphatic heterocycles. The second kappa shape index (κ2) is 9.54. The topological polar surface area (TPSA) is 103 Å². The van der Waals surface area contributed by atoms with Crippen LogP contribution in [0.3, 0.4) is 0 Å². The molecule has 8 nitrogen and oxygen atoms in total. The Kier molecular flexibility index (Phi) is 6.34. The Balaban J connectivity index is 1.35. The number of ether oxygens (including phenoxy) is 2. The minimum absolute atomic E-state index is 0.00631. The Hall–Kier alpha value is -4.72. The first-order chi connectivity index (χ1) is 18.4. The summed E-state index contributed by atoms with van der Waals surface area (Å²) in [6.45, 7) is 9.83. The fourth-order valence-corrected chi connectivity index (χ4v) is 4.40. The zero-order valence-corrected chi connectivity index (χ0v) is 22.2. The van der Waals surface area contributed by atoms with Crippen molar-refractivity contribution in [1.29, 1.82) is 0 Å². The van der Waals surface area contributed by atoms with Gasteiger partial charge in [0.15, 0.2) is 0 Å². The molecule has 0 spiro atoms. The van der Waals surface area contributed by atoms with E-state index in [4.69, 9.17) is 13.9 Å². The third kappa shape index (κ3) is 4.81. The van der Waals surface area contributed by atoms with Gasteiger partial charge in [-0.3, -0.25) is 19.3 Å². The average Bonchev–Trinajstić information content (AvgIpc) is 3.14. The molecule has 0 N–H and O–H groups in total. The van der Waals surface area contributed by atoms with Gasteiger partial charge in [-0.25, -0.2) is 4.79 Å². The normalized spacial score (nSPS) is 13.2. The van der Waals surface area contributed by atoms with Crippen LogP contribution in [-0.2, 0) is 5.41 Å². The number of rotatable bonds is 5. The first-order valence-corrected chi connectivity index (χ1v) is 12.5. The molecule has 0 fully saturated rings. The van der Waals surface area contributed by atoms with E-state index in [9.17, 15) is 19.2 Å². The van der Waals surface area contributed by atoms with Gasteiger partial charge in [-0.2, -0.15) is 0 Å². The van der Waals surface area contributed by atoms with Crippen LogP contribution in [0.2, 0.25) is 0 Å². The molecule has 1 aromatic heterocycles. The van der Waals surface area contributed by atoms with Gasteiger partial charge in [0, 0.05) is 12.1 Å². The lowest BCUT2D eigenvalue weighted by Gasteiger charge is -2.19. The maximum atomic E-state index is 13.0. The van der Waals surface area contributed by atoms with Gasteiger partial charge in [0.05, 0.1) is 22.1 Å². The van der Waals surface area contributed by atoms with Gasteiger partial charge in [-0.15, -0.1) is 0 Å². The molecule has 0 bridgehead atoms. The van der Waals surface area contributed by atoms with E-state index >= 15 is 0 Å². The van der Waals surface area contributed by atoms with Gasteiger partial charge in [0.25, 0.3) is 11.8 Å². The minimum Gasteiger partial charge on any atom is -0.460 e. The highest BCUT2D eigenvalue weighted by atomic mass is 16.5. The number of carbonyl (C=O) groups excluding carboxylic acids is 3. The van der Waals surface area contributed by atoms with Crippen LogP contribution >= 0.6 is 0 Å². The van der Waals surface area contributed by atoms with E-state index in [-0.39, 0.29) is 62.0 Å². The van der Waals surface area contributed by atoms with Crippen molar-refractivity contribution in [1.82, 2.24) is 4.90 Å². The van der Waals surface area contributed by atoms with Crippen LogP contribution in [0.25, 0.3) is 11.0 Å². The maximum Gasteiger partial charge on any atom is 0.343 e. The molecule has 0 unspecified atom stereocenters. The monoisotopic (exact) mass is 525 g/mol. The zero-order chi connectivity index (χ0) is 28.1. The molecule has 198 valence electrons. The van der Waals surface area contributed by atoms with Crippen LogP contribution < -0.4 is 14.9 Å². The van der Waals surface area contributed by atoms with E-state index in [0.717, 1.165) is 10.5 Å². The van der Waals surface area contributed by atoms with Crippen molar-refractivity contribution < 1.29 is 28.3 Å². The lowest BCUT2D eigenvalue weighted by Crippen LogP contribution is -2.35. The Morgan fingerprint density at radius 2 is 1.51 bits per heavy atom. The van der Waals surface area contributed by atoms with Gasteiger partial charge in [-0.05, 0) is 67.3 Å². The number of amides is 2. The second-order valence-electron chi connectivity index (χ2n) is 10.7. The summed E-state index contributed by atoms with van der Waals surface area (Å²) in [6, 6.07) is 15.8. The molecule has 39 heavy (non-hydrogen) atoms. The number of hydrogen-bond acceptors (Lipinski definition) is 7. The van der Waals surface area contributed by atoms with Crippen LogP contribution in [0, 0.1) is 0 Å². The van der Waals surface area contributed by atoms with Crippen molar-refractivity contribution in [3.05, 3.63) is 99.4 Å². The zero-order valence-electron chi connectivity index (χ0n) is 22.2. The SMILES string of the molecule is CC(C)N1C(=O)c2ccc(C(=O)Oc3ccc4c(=O)c(Oc5ccc(C(C)(C)C)cc5)coc4c3)cc2C1=O. The Bertz CT molecular complexity index is 1690. The summed E-state index contributed by atoms with van der Waals surface area (Å²) in [7, 11) is 0. The van der Waals surface area contributed by atoms with Crippen LogP contribution in [-0.4, -0.2) is 28.7 Å². The highest BCUT2D eigenvalue weighted by molar-refractivity contribution is 6.22. The molecular formula is C31H27NO7. The van der Waals surface area contributed by atoms with Crippen LogP contribution in [0.15, 0.2) is 76.1 Å². The molecule has 4 aromatic rings. The summed E-state index contributed by atoms with van der Waals surface area (Å²) in [4.78, 5) is 52.1. The fourth-order valence-electron chi connectivity index (χ4n) is 4.40. The van der Waals surface area contributed by atoms with Crippen molar-refractivity contribution in [2.45, 2.75) is 46.1 Å². The minimum atomic E-state index is -0.721. The quantitative estimate of drug-likeness (QED) is 0.176. The van der Waals surface area contributed by atoms with E-state index in [1.807, 2.05) is 12.1 Å². The molecule has 2 heterocycles. The molecule has 3 aromatic carbocycles. The van der Waals surface area contributed by atoms with Crippen molar-refractivity contribution in [2.75, 3.05) is 0 Å². The summed E-state index contributed by atoms with van der Waals surface area (Å²) in [6.07, 6.45) is 1.22. The molecule has 0 saturated carbocycles. The number of carbonyl (C=O) groups is 3. The van der Waals surface area contributed by atoms with Gasteiger partial charge in [-0.1, -0.05) is 32.9 Å². The lowest BCUT2D eigenvalue weighted by atomic mass is 9.87. The summed E-state index contributed by atoms with van der Waals surface area (Å²) < 4.78 is 16.9. The number of nitrogens with zero attached hydrogens (tertiary/aromatic N) is 1. The Morgan fingerprint density at radius 3 is 2.18 bits per heavy atom. The van der Waals surface area contributed by atoms with Crippen molar-refractivity contribution in [3.8, 4) is 17.2 Å². The van der Waals surface area contributed by atoms with E-state index in [1.54, 1.807) is 26.0 Å². The van der Waals surface area contributed by atoms with Crippen LogP contribution in [0.5, 0.6) is 17.2 Å². The van der Waals surface area contributed by atoms with Gasteiger partial charge in [0.2, 0.25) is 11.2 Å². The van der Waals surface area contributed by atoms with Gasteiger partial charge in [0.1, 0.15) is 23.3 Å². The van der Waals surface area contributed by atoms with Crippen LogP contribution in [0.4, 0.5) is 0 Å². The number of imide groups is 1. The standard InChI is InChI=1S/C31H27NO7/c1-17(2)32-28(34)22-12-6-18(14-24(22)29(32)35)30(36)39-21-11-13-23-25(15-21)37-16-26(27(23)33)38-20-9-7-19(8-10-20)31(3,4)5/h6-17H,1-5H3. The van der Waals surface area contributed by atoms with Crippen molar-refractivity contribution >= 4 is 28.8 Å². The predicted octanol–water partition coefficient (Wildman–Crippen LogP) is 6.11. The third-order valence-corrected chi connectivity index (χ3v) is 6.54. The van der Waals surface area contributed by atoms with Gasteiger partial charge >= 0.3 is 5.97 Å². The molecule has 0 saturated heterocycles. The van der Waals surface area contributed by atoms with E-state index in [1.165, 1.54) is 42.7 Å². The molecule has 0 aliphatic carbocycles. The van der Waals surface area contributed by atoms with Gasteiger partial charge < -0.3 is 13.9 Å². The molecule has 5 rings (SSSR count). The first-order valence-electron chi connectivity index (χ1n) is 12.5. The summed E-state index contributed by atoms with van der Waals surface area (Å²) in [5.41, 5.74) is 1.50. The Labute approximate surface area is 224 Å². The van der Waals surface area contributed by atoms with Crippen LogP contribution in [0.1, 0.15) is 71.3 Å². The summed E-state index contributed by atoms with van der Waals surface area (Å²) in [5, 5.41) is 0.258. The van der Waals surface area contributed by atoms with E-state index in [2.05, 4.69) is 20.8 Å². The third-order valence-electron chi connectivity index (χ3n) is 6.54. The Morgan fingerprint density at radius 1 is 0.846 bits per heavy atom. The largest absolute Gasteiger partial charge is 0.460 e. The number of fused-ring (bicyclic) bond motifs is 2. The average molecular weight is 526 g/mol. The van der Waals surface area contributed by atoms with E-state index in [0.29, 0.717) is 5.75 Å². The smallest absolute Gasteiger partial charge is 0.343 e. The highest BCUT2D eigenvalue weighted by Crippen LogP contribution is 2.29. The molecule has 0 atom stereocenters. The molecule has 2 amide bonds. The van der Waals surface area contributed by atoms with Crippen molar-refractivity contribution in [3.63, 3.8) is 0 Å². The number of benzene rings is 3. The molecule has 1 aliphatic rings. The highest BCUT2D eigenvalue weighted by Gasteiger charge is 2.37. The number of hydrogen-bond donors (Lipinski definition) is 0. The first kappa shape index (κ1) is 25.9. The maximum absolute atomic E-state index is 13.0. The number of esters is 1. The molecular weight excluding hydrogens is 498 g/mol. The second-order valence-corrected chi connectivity index (χ2v) is 10.7. The molecule has 8 heteroatoms. The van der Waals surface area contributed by atoms with Crippen molar-refractivity contribution in [2.24, 2.45) is 0 Å². The van der Waals surface area contributed by atoms with E-state index < -0.39 is 11.9 Å².